The second-order valence-electron chi connectivity index (χ2n) is 9.01. The van der Waals surface area contributed by atoms with Crippen LogP contribution in [-0.2, 0) is 25.7 Å². The van der Waals surface area contributed by atoms with Crippen LogP contribution in [0, 0.1) is 0 Å². The largest absolute Gasteiger partial charge is 0.465 e. The number of halogens is 3. The number of nitrogens with zero attached hydrogens (tertiary/aromatic N) is 1. The Morgan fingerprint density at radius 1 is 0.829 bits per heavy atom. The molecular weight excluding hydrogens is 565 g/mol. The molecule has 3 N–H and O–H groups in total. The predicted molar refractivity (Wildman–Crippen MR) is 144 cm³/mol. The van der Waals surface area contributed by atoms with Crippen LogP contribution in [-0.4, -0.2) is 50.3 Å². The molecule has 216 valence electrons. The molecule has 0 saturated carbocycles. The van der Waals surface area contributed by atoms with Gasteiger partial charge in [-0.2, -0.15) is 17.5 Å². The molecule has 0 aliphatic carbocycles. The van der Waals surface area contributed by atoms with Crippen LogP contribution >= 0.6 is 0 Å². The van der Waals surface area contributed by atoms with Crippen LogP contribution < -0.4 is 16.0 Å². The van der Waals surface area contributed by atoms with Gasteiger partial charge >= 0.3 is 18.2 Å². The quantitative estimate of drug-likeness (QED) is 0.334. The van der Waals surface area contributed by atoms with E-state index in [0.717, 1.165) is 28.6 Å². The van der Waals surface area contributed by atoms with Crippen LogP contribution in [0.4, 0.5) is 35.0 Å². The van der Waals surface area contributed by atoms with E-state index in [-0.39, 0.29) is 22.8 Å². The summed E-state index contributed by atoms with van der Waals surface area (Å²) >= 11 is 0. The van der Waals surface area contributed by atoms with Crippen molar-refractivity contribution in [3.8, 4) is 0 Å². The number of anilines is 3. The van der Waals surface area contributed by atoms with Crippen molar-refractivity contribution in [1.29, 1.82) is 0 Å². The van der Waals surface area contributed by atoms with E-state index in [4.69, 9.17) is 0 Å². The summed E-state index contributed by atoms with van der Waals surface area (Å²) in [5, 5.41) is 7.55. The lowest BCUT2D eigenvalue weighted by molar-refractivity contribution is -0.137. The number of carbonyl (C=O) groups excluding carboxylic acids is 3. The first-order valence-corrected chi connectivity index (χ1v) is 13.7. The summed E-state index contributed by atoms with van der Waals surface area (Å²) in [7, 11) is -2.81. The summed E-state index contributed by atoms with van der Waals surface area (Å²) in [4.78, 5) is 36.7. The highest BCUT2D eigenvalue weighted by molar-refractivity contribution is 7.89. The Morgan fingerprint density at radius 3 is 1.88 bits per heavy atom. The number of rotatable bonds is 7. The van der Waals surface area contributed by atoms with Crippen molar-refractivity contribution in [2.24, 2.45) is 0 Å². The van der Waals surface area contributed by atoms with Crippen molar-refractivity contribution in [3.63, 3.8) is 0 Å². The third-order valence-corrected chi connectivity index (χ3v) is 8.19. The summed E-state index contributed by atoms with van der Waals surface area (Å²) in [6, 6.07) is 13.4. The Hall–Kier alpha value is -4.43. The number of urea groups is 1. The van der Waals surface area contributed by atoms with Gasteiger partial charge < -0.3 is 20.7 Å². The van der Waals surface area contributed by atoms with Crippen LogP contribution in [0.5, 0.6) is 0 Å². The van der Waals surface area contributed by atoms with E-state index in [0.29, 0.717) is 24.1 Å². The lowest BCUT2D eigenvalue weighted by atomic mass is 10.2. The first-order chi connectivity index (χ1) is 19.4. The molecule has 3 aromatic carbocycles. The van der Waals surface area contributed by atoms with Gasteiger partial charge in [-0.05, 0) is 85.6 Å². The Bertz CT molecular complexity index is 1530. The van der Waals surface area contributed by atoms with Gasteiger partial charge in [0.25, 0.3) is 0 Å². The molecule has 14 heteroatoms. The van der Waals surface area contributed by atoms with Crippen molar-refractivity contribution in [3.05, 3.63) is 83.9 Å². The number of hydrogen-bond acceptors (Lipinski definition) is 6. The molecule has 0 unspecified atom stereocenters. The number of benzene rings is 3. The van der Waals surface area contributed by atoms with E-state index < -0.39 is 45.7 Å². The van der Waals surface area contributed by atoms with E-state index in [1.54, 1.807) is 0 Å². The minimum absolute atomic E-state index is 0.0895. The molecule has 1 atom stereocenters. The molecule has 1 aliphatic heterocycles. The number of sulfonamides is 1. The monoisotopic (exact) mass is 590 g/mol. The molecule has 41 heavy (non-hydrogen) atoms. The van der Waals surface area contributed by atoms with Gasteiger partial charge in [0.2, 0.25) is 15.9 Å². The molecule has 3 amide bonds. The zero-order valence-electron chi connectivity index (χ0n) is 21.6. The molecule has 1 heterocycles. The molecule has 0 radical (unpaired) electrons. The number of nitrogens with one attached hydrogen (secondary N) is 3. The zero-order valence-corrected chi connectivity index (χ0v) is 22.4. The van der Waals surface area contributed by atoms with E-state index in [2.05, 4.69) is 20.7 Å². The first-order valence-electron chi connectivity index (χ1n) is 12.2. The molecule has 3 aromatic rings. The van der Waals surface area contributed by atoms with Crippen molar-refractivity contribution in [2.75, 3.05) is 29.6 Å². The average Bonchev–Trinajstić information content (AvgIpc) is 3.44. The number of carbonyl (C=O) groups is 3. The molecule has 1 fully saturated rings. The fourth-order valence-corrected chi connectivity index (χ4v) is 5.86. The standard InChI is InChI=1S/C27H25F3N4O6S/c1-40-25(36)17-4-8-19(9-5-17)31-24(35)23-3-2-16-34(23)41(38,39)22-14-12-21(13-15-22)33-26(37)32-20-10-6-18(7-11-20)27(28,29)30/h4-15,23H,2-3,16H2,1H3,(H,31,35)(H2,32,33,37)/t23-/m0/s1. The highest BCUT2D eigenvalue weighted by atomic mass is 32.2. The fourth-order valence-electron chi connectivity index (χ4n) is 4.20. The SMILES string of the molecule is COC(=O)c1ccc(NC(=O)[C@@H]2CCCN2S(=O)(=O)c2ccc(NC(=O)Nc3ccc(C(F)(F)F)cc3)cc2)cc1. The molecule has 4 rings (SSSR count). The summed E-state index contributed by atoms with van der Waals surface area (Å²) in [5.74, 6) is -1.05. The summed E-state index contributed by atoms with van der Waals surface area (Å²) < 4.78 is 70.5. The lowest BCUT2D eigenvalue weighted by Gasteiger charge is -2.23. The third kappa shape index (κ3) is 7.02. The van der Waals surface area contributed by atoms with E-state index in [1.165, 1.54) is 55.6 Å². The molecule has 10 nitrogen and oxygen atoms in total. The Kier molecular flexibility index (Phi) is 8.63. The zero-order chi connectivity index (χ0) is 29.8. The average molecular weight is 591 g/mol. The fraction of sp³-hybridized carbons (Fsp3) is 0.222. The van der Waals surface area contributed by atoms with Gasteiger partial charge in [0.15, 0.2) is 0 Å². The van der Waals surface area contributed by atoms with Gasteiger partial charge in [-0.3, -0.25) is 4.79 Å². The number of methoxy groups -OCH3 is 1. The molecule has 0 aromatic heterocycles. The van der Waals surface area contributed by atoms with Gasteiger partial charge in [0, 0.05) is 23.6 Å². The smallest absolute Gasteiger partial charge is 0.416 e. The van der Waals surface area contributed by atoms with Crippen molar-refractivity contribution in [1.82, 2.24) is 4.31 Å². The second-order valence-corrected chi connectivity index (χ2v) is 10.9. The highest BCUT2D eigenvalue weighted by Gasteiger charge is 2.39. The summed E-state index contributed by atoms with van der Waals surface area (Å²) in [6.07, 6.45) is -3.71. The minimum atomic E-state index is -4.50. The summed E-state index contributed by atoms with van der Waals surface area (Å²) in [6.45, 7) is 0.136. The molecule has 1 aliphatic rings. The van der Waals surface area contributed by atoms with Gasteiger partial charge in [-0.25, -0.2) is 18.0 Å². The number of amides is 3. The van der Waals surface area contributed by atoms with Crippen LogP contribution in [0.3, 0.4) is 0 Å². The van der Waals surface area contributed by atoms with Gasteiger partial charge in [0.05, 0.1) is 23.1 Å². The summed E-state index contributed by atoms with van der Waals surface area (Å²) in [5.41, 5.74) is 0.196. The van der Waals surface area contributed by atoms with Gasteiger partial charge in [-0.15, -0.1) is 0 Å². The third-order valence-electron chi connectivity index (χ3n) is 6.27. The van der Waals surface area contributed by atoms with Gasteiger partial charge in [-0.1, -0.05) is 0 Å². The first kappa shape index (κ1) is 29.6. The van der Waals surface area contributed by atoms with Crippen LogP contribution in [0.15, 0.2) is 77.7 Å². The van der Waals surface area contributed by atoms with E-state index in [1.807, 2.05) is 0 Å². The Balaban J connectivity index is 1.38. The lowest BCUT2D eigenvalue weighted by Crippen LogP contribution is -2.43. The van der Waals surface area contributed by atoms with Crippen LogP contribution in [0.1, 0.15) is 28.8 Å². The van der Waals surface area contributed by atoms with Crippen LogP contribution in [0.2, 0.25) is 0 Å². The predicted octanol–water partition coefficient (Wildman–Crippen LogP) is 4.93. The van der Waals surface area contributed by atoms with Crippen molar-refractivity contribution >= 4 is 45.0 Å². The second kappa shape index (κ2) is 12.0. The Labute approximate surface area is 233 Å². The maximum Gasteiger partial charge on any atom is 0.416 e. The van der Waals surface area contributed by atoms with Crippen LogP contribution in [0.25, 0.3) is 0 Å². The van der Waals surface area contributed by atoms with E-state index >= 15 is 0 Å². The Morgan fingerprint density at radius 2 is 1.34 bits per heavy atom. The molecule has 1 saturated heterocycles. The van der Waals surface area contributed by atoms with Crippen molar-refractivity contribution < 1.29 is 40.7 Å². The molecular formula is C27H25F3N4O6S. The normalized spacial score (nSPS) is 15.7. The van der Waals surface area contributed by atoms with E-state index in [9.17, 15) is 36.0 Å². The minimum Gasteiger partial charge on any atom is -0.465 e. The molecule has 0 spiro atoms. The maximum atomic E-state index is 13.3. The van der Waals surface area contributed by atoms with Crippen molar-refractivity contribution in [2.45, 2.75) is 30.0 Å². The number of esters is 1. The number of ether oxygens (including phenoxy) is 1. The topological polar surface area (TPSA) is 134 Å². The number of hydrogen-bond donors (Lipinski definition) is 3. The maximum absolute atomic E-state index is 13.3. The number of alkyl halides is 3. The van der Waals surface area contributed by atoms with Gasteiger partial charge in [0.1, 0.15) is 6.04 Å². The highest BCUT2D eigenvalue weighted by Crippen LogP contribution is 2.30. The molecule has 0 bridgehead atoms.